The number of benzene rings is 1. The average molecular weight is 261 g/mol. The van der Waals surface area contributed by atoms with Crippen LogP contribution in [0.1, 0.15) is 16.1 Å². The summed E-state index contributed by atoms with van der Waals surface area (Å²) in [7, 11) is 0. The minimum absolute atomic E-state index is 0.0400. The first-order valence-electron chi connectivity index (χ1n) is 5.39. The Morgan fingerprint density at radius 3 is 2.74 bits per heavy atom. The molecule has 0 aliphatic rings. The third kappa shape index (κ3) is 2.45. The fourth-order valence-electron chi connectivity index (χ4n) is 1.66. The van der Waals surface area contributed by atoms with Gasteiger partial charge in [-0.15, -0.1) is 0 Å². The molecule has 7 heteroatoms. The molecule has 2 aromatic rings. The molecule has 0 fully saturated rings. The zero-order valence-corrected chi connectivity index (χ0v) is 10.0. The molecular weight excluding hydrogens is 250 g/mol. The molecule has 19 heavy (non-hydrogen) atoms. The van der Waals surface area contributed by atoms with Gasteiger partial charge >= 0.3 is 5.91 Å². The number of hydrazine groups is 1. The van der Waals surface area contributed by atoms with Crippen LogP contribution in [-0.2, 0) is 0 Å². The van der Waals surface area contributed by atoms with Crippen LogP contribution in [0.15, 0.2) is 34.7 Å². The molecule has 1 aromatic heterocycles. The van der Waals surface area contributed by atoms with E-state index in [0.717, 1.165) is 5.56 Å². The van der Waals surface area contributed by atoms with Crippen molar-refractivity contribution in [2.24, 2.45) is 5.84 Å². The molecule has 7 nitrogen and oxygen atoms in total. The number of nitrogens with zero attached hydrogens (tertiary/aromatic N) is 1. The van der Waals surface area contributed by atoms with E-state index in [1.165, 1.54) is 18.2 Å². The molecule has 0 aliphatic carbocycles. The fourth-order valence-corrected chi connectivity index (χ4v) is 1.66. The van der Waals surface area contributed by atoms with Crippen LogP contribution < -0.4 is 11.3 Å². The largest absolute Gasteiger partial charge is 0.451 e. The standard InChI is InChI=1S/C12H11N3O4/c1-7-2-3-8(15(17)18)6-9(7)10-4-5-11(19-10)12(16)14-13/h2-6H,13H2,1H3,(H,14,16). The zero-order chi connectivity index (χ0) is 14.0. The Balaban J connectivity index is 2.46. The number of rotatable bonds is 3. The van der Waals surface area contributed by atoms with E-state index >= 15 is 0 Å². The van der Waals surface area contributed by atoms with Crippen molar-refractivity contribution >= 4 is 11.6 Å². The van der Waals surface area contributed by atoms with Gasteiger partial charge in [-0.3, -0.25) is 20.3 Å². The van der Waals surface area contributed by atoms with Gasteiger partial charge in [0.15, 0.2) is 5.76 Å². The number of carbonyl (C=O) groups is 1. The summed E-state index contributed by atoms with van der Waals surface area (Å²) in [6.45, 7) is 1.80. The average Bonchev–Trinajstić information content (AvgIpc) is 2.87. The molecule has 0 bridgehead atoms. The Bertz CT molecular complexity index is 648. The lowest BCUT2D eigenvalue weighted by Crippen LogP contribution is -2.29. The summed E-state index contributed by atoms with van der Waals surface area (Å²) in [5.41, 5.74) is 3.28. The highest BCUT2D eigenvalue weighted by Crippen LogP contribution is 2.29. The quantitative estimate of drug-likeness (QED) is 0.378. The van der Waals surface area contributed by atoms with Gasteiger partial charge in [-0.2, -0.15) is 0 Å². The third-order valence-corrected chi connectivity index (χ3v) is 2.66. The number of nitrogens with two attached hydrogens (primary N) is 1. The van der Waals surface area contributed by atoms with E-state index in [4.69, 9.17) is 10.3 Å². The van der Waals surface area contributed by atoms with Crippen LogP contribution in [0.2, 0.25) is 0 Å². The summed E-state index contributed by atoms with van der Waals surface area (Å²) in [5.74, 6) is 4.86. The summed E-state index contributed by atoms with van der Waals surface area (Å²) < 4.78 is 5.32. The maximum absolute atomic E-state index is 11.3. The number of nitrogen functional groups attached to an aromatic ring is 1. The Morgan fingerprint density at radius 1 is 1.37 bits per heavy atom. The highest BCUT2D eigenvalue weighted by molar-refractivity contribution is 5.91. The maximum atomic E-state index is 11.3. The highest BCUT2D eigenvalue weighted by atomic mass is 16.6. The molecule has 2 rings (SSSR count). The van der Waals surface area contributed by atoms with Crippen LogP contribution in [0, 0.1) is 17.0 Å². The van der Waals surface area contributed by atoms with Crippen LogP contribution in [0.25, 0.3) is 11.3 Å². The number of non-ortho nitro benzene ring substituents is 1. The van der Waals surface area contributed by atoms with Gasteiger partial charge in [0, 0.05) is 17.7 Å². The number of hydrogen-bond donors (Lipinski definition) is 2. The van der Waals surface area contributed by atoms with Gasteiger partial charge in [-0.05, 0) is 24.6 Å². The number of hydrogen-bond acceptors (Lipinski definition) is 5. The van der Waals surface area contributed by atoms with E-state index in [2.05, 4.69) is 0 Å². The summed E-state index contributed by atoms with van der Waals surface area (Å²) in [5, 5.41) is 10.7. The summed E-state index contributed by atoms with van der Waals surface area (Å²) in [6, 6.07) is 7.46. The second kappa shape index (κ2) is 4.91. The second-order valence-electron chi connectivity index (χ2n) is 3.89. The summed E-state index contributed by atoms with van der Waals surface area (Å²) >= 11 is 0. The van der Waals surface area contributed by atoms with Crippen molar-refractivity contribution in [2.75, 3.05) is 0 Å². The lowest BCUT2D eigenvalue weighted by atomic mass is 10.1. The van der Waals surface area contributed by atoms with E-state index in [0.29, 0.717) is 11.3 Å². The molecule has 0 unspecified atom stereocenters. The predicted molar refractivity (Wildman–Crippen MR) is 67.2 cm³/mol. The number of carbonyl (C=O) groups excluding carboxylic acids is 1. The molecule has 0 spiro atoms. The Labute approximate surface area is 108 Å². The number of aryl methyl sites for hydroxylation is 1. The molecule has 0 aliphatic heterocycles. The van der Waals surface area contributed by atoms with Crippen molar-refractivity contribution in [3.05, 3.63) is 51.8 Å². The lowest BCUT2D eigenvalue weighted by molar-refractivity contribution is -0.384. The Hall–Kier alpha value is -2.67. The van der Waals surface area contributed by atoms with E-state index in [-0.39, 0.29) is 11.4 Å². The monoisotopic (exact) mass is 261 g/mol. The van der Waals surface area contributed by atoms with E-state index in [9.17, 15) is 14.9 Å². The van der Waals surface area contributed by atoms with E-state index < -0.39 is 10.8 Å². The first kappa shape index (κ1) is 12.8. The fraction of sp³-hybridized carbons (Fsp3) is 0.0833. The number of amides is 1. The van der Waals surface area contributed by atoms with Crippen LogP contribution in [0.3, 0.4) is 0 Å². The maximum Gasteiger partial charge on any atom is 0.300 e. The van der Waals surface area contributed by atoms with Crippen LogP contribution in [0.5, 0.6) is 0 Å². The predicted octanol–water partition coefficient (Wildman–Crippen LogP) is 1.77. The molecule has 0 saturated carbocycles. The van der Waals surface area contributed by atoms with Crippen LogP contribution >= 0.6 is 0 Å². The summed E-state index contributed by atoms with van der Waals surface area (Å²) in [6.07, 6.45) is 0. The van der Waals surface area contributed by atoms with Gasteiger partial charge in [0.2, 0.25) is 0 Å². The zero-order valence-electron chi connectivity index (χ0n) is 10.0. The van der Waals surface area contributed by atoms with Gasteiger partial charge in [-0.1, -0.05) is 6.07 Å². The van der Waals surface area contributed by atoms with Crippen molar-refractivity contribution in [1.29, 1.82) is 0 Å². The molecule has 3 N–H and O–H groups in total. The van der Waals surface area contributed by atoms with Gasteiger partial charge in [0.05, 0.1) is 4.92 Å². The number of furan rings is 1. The second-order valence-corrected chi connectivity index (χ2v) is 3.89. The van der Waals surface area contributed by atoms with Crippen LogP contribution in [-0.4, -0.2) is 10.8 Å². The minimum atomic E-state index is -0.561. The number of nitro groups is 1. The minimum Gasteiger partial charge on any atom is -0.451 e. The lowest BCUT2D eigenvalue weighted by Gasteiger charge is -2.02. The van der Waals surface area contributed by atoms with Crippen molar-refractivity contribution in [1.82, 2.24) is 5.43 Å². The van der Waals surface area contributed by atoms with Crippen molar-refractivity contribution in [2.45, 2.75) is 6.92 Å². The molecule has 0 saturated heterocycles. The normalized spacial score (nSPS) is 10.2. The van der Waals surface area contributed by atoms with Crippen molar-refractivity contribution in [3.8, 4) is 11.3 Å². The Morgan fingerprint density at radius 2 is 2.11 bits per heavy atom. The molecule has 0 atom stereocenters. The number of nitrogens with one attached hydrogen (secondary N) is 1. The van der Waals surface area contributed by atoms with Gasteiger partial charge in [0.25, 0.3) is 5.69 Å². The van der Waals surface area contributed by atoms with Gasteiger partial charge in [-0.25, -0.2) is 5.84 Å². The van der Waals surface area contributed by atoms with E-state index in [1.807, 2.05) is 5.43 Å². The SMILES string of the molecule is Cc1ccc([N+](=O)[O-])cc1-c1ccc(C(=O)NN)o1. The molecule has 98 valence electrons. The van der Waals surface area contributed by atoms with Gasteiger partial charge in [0.1, 0.15) is 5.76 Å². The highest BCUT2D eigenvalue weighted by Gasteiger charge is 2.15. The Kier molecular flexibility index (Phi) is 3.30. The summed E-state index contributed by atoms with van der Waals surface area (Å²) in [4.78, 5) is 21.5. The topological polar surface area (TPSA) is 111 Å². The van der Waals surface area contributed by atoms with E-state index in [1.54, 1.807) is 19.1 Å². The molecule has 1 aromatic carbocycles. The third-order valence-electron chi connectivity index (χ3n) is 2.66. The molecular formula is C12H11N3O4. The van der Waals surface area contributed by atoms with Crippen molar-refractivity contribution in [3.63, 3.8) is 0 Å². The smallest absolute Gasteiger partial charge is 0.300 e. The number of nitro benzene ring substituents is 1. The first-order valence-corrected chi connectivity index (χ1v) is 5.39. The molecule has 1 heterocycles. The first-order chi connectivity index (χ1) is 9.02. The molecule has 1 amide bonds. The molecule has 0 radical (unpaired) electrons. The van der Waals surface area contributed by atoms with Gasteiger partial charge < -0.3 is 4.42 Å². The van der Waals surface area contributed by atoms with Crippen LogP contribution in [0.4, 0.5) is 5.69 Å². The van der Waals surface area contributed by atoms with Crippen molar-refractivity contribution < 1.29 is 14.1 Å².